The van der Waals surface area contributed by atoms with E-state index in [4.69, 9.17) is 15.6 Å². The normalized spacial score (nSPS) is 23.8. The molecule has 0 aromatic rings. The second-order valence-corrected chi connectivity index (χ2v) is 4.53. The molecule has 1 rings (SSSR count). The first-order valence-corrected chi connectivity index (χ1v) is 5.53. The minimum Gasteiger partial charge on any atom is -0.481 e. The molecule has 2 atom stereocenters. The number of nitrogens with two attached hydrogens (primary N) is 1. The van der Waals surface area contributed by atoms with Gasteiger partial charge in [0, 0.05) is 6.54 Å². The zero-order chi connectivity index (χ0) is 14.8. The highest BCUT2D eigenvalue weighted by Gasteiger charge is 2.56. The van der Waals surface area contributed by atoms with Crippen LogP contribution in [0.1, 0.15) is 13.3 Å². The Morgan fingerprint density at radius 3 is 2.53 bits per heavy atom. The molecule has 1 heterocycles. The smallest absolute Gasteiger partial charge is 0.415 e. The first-order valence-electron chi connectivity index (χ1n) is 5.53. The van der Waals surface area contributed by atoms with E-state index in [0.29, 0.717) is 6.92 Å². The van der Waals surface area contributed by atoms with Crippen molar-refractivity contribution >= 4 is 11.9 Å². The standard InChI is InChI=1S/C10H15F3N2O4/c1-9(14,10(11,12)13)8(18)15-2-3-19-5-6(15)4-7(16)17/h6H,2-5,14H2,1H3,(H,16,17). The number of hydrogen-bond acceptors (Lipinski definition) is 4. The molecule has 2 unspecified atom stereocenters. The zero-order valence-corrected chi connectivity index (χ0v) is 10.2. The van der Waals surface area contributed by atoms with Gasteiger partial charge in [0.1, 0.15) is 0 Å². The van der Waals surface area contributed by atoms with Gasteiger partial charge in [-0.3, -0.25) is 9.59 Å². The predicted octanol–water partition coefficient (Wildman–Crippen LogP) is -0.0318. The maximum Gasteiger partial charge on any atom is 0.415 e. The monoisotopic (exact) mass is 284 g/mol. The highest BCUT2D eigenvalue weighted by atomic mass is 19.4. The van der Waals surface area contributed by atoms with Crippen molar-refractivity contribution in [3.63, 3.8) is 0 Å². The SMILES string of the molecule is CC(N)(C(=O)N1CCOCC1CC(=O)O)C(F)(F)F. The molecule has 6 nitrogen and oxygen atoms in total. The van der Waals surface area contributed by atoms with Gasteiger partial charge in [0.25, 0.3) is 5.91 Å². The molecule has 0 bridgehead atoms. The summed E-state index contributed by atoms with van der Waals surface area (Å²) in [4.78, 5) is 23.4. The fraction of sp³-hybridized carbons (Fsp3) is 0.800. The molecule has 19 heavy (non-hydrogen) atoms. The Labute approximate surface area is 107 Å². The largest absolute Gasteiger partial charge is 0.481 e. The van der Waals surface area contributed by atoms with Crippen LogP contribution in [-0.2, 0) is 14.3 Å². The van der Waals surface area contributed by atoms with Gasteiger partial charge in [-0.05, 0) is 6.92 Å². The summed E-state index contributed by atoms with van der Waals surface area (Å²) < 4.78 is 43.1. The van der Waals surface area contributed by atoms with Gasteiger partial charge in [0.05, 0.1) is 25.7 Å². The third-order valence-electron chi connectivity index (χ3n) is 2.93. The van der Waals surface area contributed by atoms with Crippen LogP contribution >= 0.6 is 0 Å². The van der Waals surface area contributed by atoms with E-state index < -0.39 is 36.1 Å². The molecule has 3 N–H and O–H groups in total. The zero-order valence-electron chi connectivity index (χ0n) is 10.2. The van der Waals surface area contributed by atoms with E-state index in [0.717, 1.165) is 4.90 Å². The van der Waals surface area contributed by atoms with Crippen molar-refractivity contribution in [2.75, 3.05) is 19.8 Å². The number of rotatable bonds is 3. The lowest BCUT2D eigenvalue weighted by Crippen LogP contribution is -2.65. The summed E-state index contributed by atoms with van der Waals surface area (Å²) >= 11 is 0. The lowest BCUT2D eigenvalue weighted by atomic mass is 9.99. The first-order chi connectivity index (χ1) is 8.57. The fourth-order valence-corrected chi connectivity index (χ4v) is 1.71. The number of carboxylic acid groups (broad SMARTS) is 1. The van der Waals surface area contributed by atoms with Gasteiger partial charge in [-0.15, -0.1) is 0 Å². The van der Waals surface area contributed by atoms with Gasteiger partial charge in [-0.1, -0.05) is 0 Å². The van der Waals surface area contributed by atoms with E-state index in [1.165, 1.54) is 0 Å². The molecule has 1 aliphatic heterocycles. The van der Waals surface area contributed by atoms with E-state index in [1.54, 1.807) is 0 Å². The molecular weight excluding hydrogens is 269 g/mol. The third-order valence-corrected chi connectivity index (χ3v) is 2.93. The Bertz CT molecular complexity index is 370. The minimum absolute atomic E-state index is 0.0514. The molecule has 0 radical (unpaired) electrons. The summed E-state index contributed by atoms with van der Waals surface area (Å²) in [5.74, 6) is -2.56. The number of carboxylic acids is 1. The number of alkyl halides is 3. The lowest BCUT2D eigenvalue weighted by Gasteiger charge is -2.39. The Balaban J connectivity index is 2.91. The van der Waals surface area contributed by atoms with Crippen LogP contribution in [0, 0.1) is 0 Å². The molecule has 1 amide bonds. The Morgan fingerprint density at radius 1 is 1.47 bits per heavy atom. The van der Waals surface area contributed by atoms with Crippen LogP contribution in [0.5, 0.6) is 0 Å². The van der Waals surface area contributed by atoms with Crippen molar-refractivity contribution in [2.24, 2.45) is 5.73 Å². The minimum atomic E-state index is -4.91. The van der Waals surface area contributed by atoms with E-state index >= 15 is 0 Å². The molecule has 0 aromatic heterocycles. The maximum absolute atomic E-state index is 12.7. The average Bonchev–Trinajstić information content (AvgIpc) is 2.26. The second kappa shape index (κ2) is 5.33. The van der Waals surface area contributed by atoms with Gasteiger partial charge in [-0.2, -0.15) is 13.2 Å². The Kier molecular flexibility index (Phi) is 4.41. The summed E-state index contributed by atoms with van der Waals surface area (Å²) in [5, 5.41) is 8.68. The molecule has 0 saturated carbocycles. The number of carbonyl (C=O) groups excluding carboxylic acids is 1. The van der Waals surface area contributed by atoms with Crippen molar-refractivity contribution in [1.29, 1.82) is 0 Å². The summed E-state index contributed by atoms with van der Waals surface area (Å²) in [5.41, 5.74) is 2.02. The molecule has 0 aromatic carbocycles. The van der Waals surface area contributed by atoms with Crippen molar-refractivity contribution < 1.29 is 32.6 Å². The molecule has 0 aliphatic carbocycles. The van der Waals surface area contributed by atoms with Gasteiger partial charge in [0.15, 0.2) is 5.54 Å². The Hall–Kier alpha value is -1.35. The average molecular weight is 284 g/mol. The van der Waals surface area contributed by atoms with E-state index in [2.05, 4.69) is 0 Å². The van der Waals surface area contributed by atoms with Crippen molar-refractivity contribution in [3.8, 4) is 0 Å². The molecular formula is C10H15F3N2O4. The number of nitrogens with zero attached hydrogens (tertiary/aromatic N) is 1. The molecule has 1 saturated heterocycles. The quantitative estimate of drug-likeness (QED) is 0.759. The summed E-state index contributed by atoms with van der Waals surface area (Å²) in [6.45, 7) is 0.393. The number of hydrogen-bond donors (Lipinski definition) is 2. The van der Waals surface area contributed by atoms with Crippen LogP contribution in [0.4, 0.5) is 13.2 Å². The number of amides is 1. The van der Waals surface area contributed by atoms with Crippen molar-refractivity contribution in [2.45, 2.75) is 31.1 Å². The predicted molar refractivity (Wildman–Crippen MR) is 57.2 cm³/mol. The molecule has 1 aliphatic rings. The van der Waals surface area contributed by atoms with Crippen molar-refractivity contribution in [3.05, 3.63) is 0 Å². The number of morpholine rings is 1. The van der Waals surface area contributed by atoms with Gasteiger partial charge >= 0.3 is 12.1 Å². The van der Waals surface area contributed by atoms with E-state index in [9.17, 15) is 22.8 Å². The number of halogens is 3. The van der Waals surface area contributed by atoms with E-state index in [1.807, 2.05) is 0 Å². The molecule has 1 fully saturated rings. The van der Waals surface area contributed by atoms with E-state index in [-0.39, 0.29) is 19.8 Å². The summed E-state index contributed by atoms with van der Waals surface area (Å²) in [7, 11) is 0. The van der Waals surface area contributed by atoms with Crippen LogP contribution < -0.4 is 5.73 Å². The van der Waals surface area contributed by atoms with Crippen LogP contribution in [0.3, 0.4) is 0 Å². The third kappa shape index (κ3) is 3.35. The van der Waals surface area contributed by atoms with Gasteiger partial charge < -0.3 is 20.5 Å². The molecule has 0 spiro atoms. The number of carbonyl (C=O) groups is 2. The topological polar surface area (TPSA) is 92.9 Å². The maximum atomic E-state index is 12.7. The van der Waals surface area contributed by atoms with Crippen LogP contribution in [0.15, 0.2) is 0 Å². The summed E-state index contributed by atoms with van der Waals surface area (Å²) in [6, 6.07) is -0.941. The Morgan fingerprint density at radius 2 is 2.05 bits per heavy atom. The summed E-state index contributed by atoms with van der Waals surface area (Å²) in [6.07, 6.45) is -5.39. The molecule has 110 valence electrons. The van der Waals surface area contributed by atoms with Crippen LogP contribution in [0.2, 0.25) is 0 Å². The van der Waals surface area contributed by atoms with Crippen LogP contribution in [0.25, 0.3) is 0 Å². The highest BCUT2D eigenvalue weighted by Crippen LogP contribution is 2.30. The van der Waals surface area contributed by atoms with Crippen LogP contribution in [-0.4, -0.2) is 59.4 Å². The van der Waals surface area contributed by atoms with Gasteiger partial charge in [0.2, 0.25) is 0 Å². The number of aliphatic carboxylic acids is 1. The first kappa shape index (κ1) is 15.7. The highest BCUT2D eigenvalue weighted by molar-refractivity contribution is 5.87. The van der Waals surface area contributed by atoms with Gasteiger partial charge in [-0.25, -0.2) is 0 Å². The fourth-order valence-electron chi connectivity index (χ4n) is 1.71. The lowest BCUT2D eigenvalue weighted by molar-refractivity contribution is -0.198. The number of ether oxygens (including phenoxy) is 1. The van der Waals surface area contributed by atoms with Crippen molar-refractivity contribution in [1.82, 2.24) is 4.90 Å². The second-order valence-electron chi connectivity index (χ2n) is 4.53. The molecule has 9 heteroatoms.